The van der Waals surface area contributed by atoms with Gasteiger partial charge in [-0.05, 0) is 68.1 Å². The van der Waals surface area contributed by atoms with E-state index in [1.807, 2.05) is 42.6 Å². The van der Waals surface area contributed by atoms with Crippen LogP contribution in [0.4, 0.5) is 4.39 Å². The first-order valence-electron chi connectivity index (χ1n) is 10.8. The van der Waals surface area contributed by atoms with Crippen LogP contribution in [0, 0.1) is 5.82 Å². The molecule has 9 heteroatoms. The van der Waals surface area contributed by atoms with Gasteiger partial charge in [-0.25, -0.2) is 9.37 Å². The molecular weight excluding hydrogens is 482 g/mol. The number of carbonyl (C=O) groups excluding carboxylic acids is 1. The molecule has 2 aliphatic heterocycles. The zero-order valence-electron chi connectivity index (χ0n) is 18.1. The number of hydrogen-bond acceptors (Lipinski definition) is 4. The first kappa shape index (κ1) is 25.6. The normalized spacial score (nSPS) is 16.0. The van der Waals surface area contributed by atoms with Crippen LogP contribution in [0.1, 0.15) is 30.5 Å². The van der Waals surface area contributed by atoms with E-state index in [4.69, 9.17) is 0 Å². The number of aryl methyl sites for hydroxylation is 1. The molecule has 33 heavy (non-hydrogen) atoms. The predicted octanol–water partition coefficient (Wildman–Crippen LogP) is 4.98. The molecule has 0 bridgehead atoms. The summed E-state index contributed by atoms with van der Waals surface area (Å²) in [5.41, 5.74) is 3.03. The minimum Gasteiger partial charge on any atom is -0.349 e. The summed E-state index contributed by atoms with van der Waals surface area (Å²) in [7, 11) is 0. The fraction of sp³-hybridized carbons (Fsp3) is 0.333. The average molecular weight is 509 g/mol. The van der Waals surface area contributed by atoms with Crippen LogP contribution >= 0.6 is 36.6 Å². The summed E-state index contributed by atoms with van der Waals surface area (Å²) in [4.78, 5) is 20.5. The Morgan fingerprint density at radius 2 is 1.88 bits per heavy atom. The van der Waals surface area contributed by atoms with Crippen LogP contribution in [-0.4, -0.2) is 45.9 Å². The van der Waals surface area contributed by atoms with Crippen LogP contribution in [-0.2, 0) is 11.2 Å². The Bertz CT molecular complexity index is 1130. The molecule has 0 atom stereocenters. The van der Waals surface area contributed by atoms with Crippen LogP contribution in [0.25, 0.3) is 11.7 Å². The highest BCUT2D eigenvalue weighted by Gasteiger charge is 2.24. The third-order valence-corrected chi connectivity index (χ3v) is 7.06. The van der Waals surface area contributed by atoms with E-state index in [2.05, 4.69) is 19.6 Å². The van der Waals surface area contributed by atoms with Gasteiger partial charge in [0.15, 0.2) is 0 Å². The third-order valence-electron chi connectivity index (χ3n) is 6.01. The molecule has 4 heterocycles. The number of amides is 1. The van der Waals surface area contributed by atoms with Gasteiger partial charge in [-0.3, -0.25) is 9.20 Å². The van der Waals surface area contributed by atoms with E-state index in [0.717, 1.165) is 66.6 Å². The molecule has 1 amide bonds. The molecule has 1 N–H and O–H groups in total. The Labute approximate surface area is 209 Å². The zero-order valence-corrected chi connectivity index (χ0v) is 20.5. The van der Waals surface area contributed by atoms with Crippen molar-refractivity contribution in [3.63, 3.8) is 0 Å². The molecule has 5 nitrogen and oxygen atoms in total. The SMILES string of the molecule is Cl.Cl.O=C(NC1CCN(CCCc2ccc(F)cc2)CC1)C1=Cc2cnc3cccc(n23)S1. The highest BCUT2D eigenvalue weighted by atomic mass is 35.5. The first-order valence-corrected chi connectivity index (χ1v) is 11.6. The van der Waals surface area contributed by atoms with Crippen molar-refractivity contribution in [1.82, 2.24) is 19.6 Å². The molecule has 1 saturated heterocycles. The molecule has 2 aromatic heterocycles. The van der Waals surface area contributed by atoms with Crippen LogP contribution in [0.5, 0.6) is 0 Å². The maximum Gasteiger partial charge on any atom is 0.258 e. The standard InChI is InChI=1S/C24H25FN4OS.2ClH/c25-18-8-6-17(7-9-18)3-2-12-28-13-10-19(11-14-28)27-24(30)21-15-20-16-26-22-4-1-5-23(31-21)29(20)22;;/h1,4-9,15-16,19H,2-3,10-14H2,(H,27,30);2*1H. The molecule has 0 saturated carbocycles. The van der Waals surface area contributed by atoms with E-state index in [1.165, 1.54) is 29.5 Å². The maximum atomic E-state index is 13.0. The summed E-state index contributed by atoms with van der Waals surface area (Å²) in [6.45, 7) is 3.02. The predicted molar refractivity (Wildman–Crippen MR) is 136 cm³/mol. The summed E-state index contributed by atoms with van der Waals surface area (Å²) < 4.78 is 15.1. The Balaban J connectivity index is 0.00000153. The monoisotopic (exact) mass is 508 g/mol. The number of likely N-dealkylation sites (tertiary alicyclic amines) is 1. The molecule has 1 fully saturated rings. The third kappa shape index (κ3) is 5.90. The molecule has 2 aliphatic rings. The number of nitrogens with zero attached hydrogens (tertiary/aromatic N) is 3. The molecule has 176 valence electrons. The van der Waals surface area contributed by atoms with Crippen molar-refractivity contribution in [2.75, 3.05) is 19.6 Å². The molecule has 5 rings (SSSR count). The van der Waals surface area contributed by atoms with Gasteiger partial charge in [-0.2, -0.15) is 0 Å². The molecular formula is C24H27Cl2FN4OS. The van der Waals surface area contributed by atoms with E-state index in [9.17, 15) is 9.18 Å². The number of piperidine rings is 1. The lowest BCUT2D eigenvalue weighted by atomic mass is 10.0. The van der Waals surface area contributed by atoms with Gasteiger partial charge in [0.2, 0.25) is 0 Å². The Morgan fingerprint density at radius 1 is 1.12 bits per heavy atom. The molecule has 3 aromatic rings. The summed E-state index contributed by atoms with van der Waals surface area (Å²) in [6, 6.07) is 13.0. The van der Waals surface area contributed by atoms with Crippen molar-refractivity contribution in [1.29, 1.82) is 0 Å². The first-order chi connectivity index (χ1) is 15.2. The fourth-order valence-electron chi connectivity index (χ4n) is 4.31. The lowest BCUT2D eigenvalue weighted by molar-refractivity contribution is -0.117. The Hall–Kier alpha value is -2.06. The smallest absolute Gasteiger partial charge is 0.258 e. The summed E-state index contributed by atoms with van der Waals surface area (Å²) >= 11 is 1.50. The molecule has 0 aliphatic carbocycles. The van der Waals surface area contributed by atoms with Crippen LogP contribution in [0.3, 0.4) is 0 Å². The van der Waals surface area contributed by atoms with Gasteiger partial charge in [-0.15, -0.1) is 24.8 Å². The number of rotatable bonds is 6. The lowest BCUT2D eigenvalue weighted by Crippen LogP contribution is -2.45. The minimum atomic E-state index is -0.182. The molecule has 0 spiro atoms. The van der Waals surface area contributed by atoms with Crippen LogP contribution in [0.15, 0.2) is 58.6 Å². The number of pyridine rings is 1. The van der Waals surface area contributed by atoms with Crippen molar-refractivity contribution in [3.05, 3.63) is 70.6 Å². The van der Waals surface area contributed by atoms with E-state index in [-0.39, 0.29) is 42.6 Å². The number of imidazole rings is 1. The minimum absolute atomic E-state index is 0. The number of benzene rings is 1. The van der Waals surface area contributed by atoms with Crippen LogP contribution < -0.4 is 5.32 Å². The van der Waals surface area contributed by atoms with Crippen LogP contribution in [0.2, 0.25) is 0 Å². The van der Waals surface area contributed by atoms with Gasteiger partial charge in [-0.1, -0.05) is 30.0 Å². The van der Waals surface area contributed by atoms with Crippen molar-refractivity contribution in [2.45, 2.75) is 36.8 Å². The van der Waals surface area contributed by atoms with Crippen molar-refractivity contribution < 1.29 is 9.18 Å². The van der Waals surface area contributed by atoms with Gasteiger partial charge in [0.25, 0.3) is 5.91 Å². The van der Waals surface area contributed by atoms with Gasteiger partial charge < -0.3 is 10.2 Å². The van der Waals surface area contributed by atoms with Crippen molar-refractivity contribution in [2.24, 2.45) is 0 Å². The number of carbonyl (C=O) groups is 1. The quantitative estimate of drug-likeness (QED) is 0.510. The van der Waals surface area contributed by atoms with E-state index < -0.39 is 0 Å². The van der Waals surface area contributed by atoms with E-state index in [1.54, 1.807) is 0 Å². The van der Waals surface area contributed by atoms with Gasteiger partial charge in [0.1, 0.15) is 11.5 Å². The lowest BCUT2D eigenvalue weighted by Gasteiger charge is -2.32. The number of nitrogens with one attached hydrogen (secondary N) is 1. The average Bonchev–Trinajstić information content (AvgIpc) is 3.21. The van der Waals surface area contributed by atoms with Gasteiger partial charge in [0, 0.05) is 19.1 Å². The Morgan fingerprint density at radius 3 is 2.64 bits per heavy atom. The van der Waals surface area contributed by atoms with E-state index >= 15 is 0 Å². The van der Waals surface area contributed by atoms with E-state index in [0.29, 0.717) is 0 Å². The highest BCUT2D eigenvalue weighted by Crippen LogP contribution is 2.34. The summed E-state index contributed by atoms with van der Waals surface area (Å²) in [5.74, 6) is -0.179. The molecule has 0 radical (unpaired) electrons. The largest absolute Gasteiger partial charge is 0.349 e. The molecule has 0 unspecified atom stereocenters. The second-order valence-corrected chi connectivity index (χ2v) is 9.23. The molecule has 1 aromatic carbocycles. The van der Waals surface area contributed by atoms with Crippen molar-refractivity contribution in [3.8, 4) is 0 Å². The van der Waals surface area contributed by atoms with Crippen molar-refractivity contribution >= 4 is 54.2 Å². The number of thioether (sulfide) groups is 1. The second kappa shape index (κ2) is 11.4. The Kier molecular flexibility index (Phi) is 8.82. The second-order valence-electron chi connectivity index (χ2n) is 8.17. The fourth-order valence-corrected chi connectivity index (χ4v) is 5.31. The summed E-state index contributed by atoms with van der Waals surface area (Å²) in [6.07, 6.45) is 7.70. The zero-order chi connectivity index (χ0) is 21.2. The maximum absolute atomic E-state index is 13.0. The van der Waals surface area contributed by atoms with Gasteiger partial charge >= 0.3 is 0 Å². The van der Waals surface area contributed by atoms with Gasteiger partial charge in [0.05, 0.1) is 21.8 Å². The topological polar surface area (TPSA) is 49.6 Å². The number of hydrogen-bond donors (Lipinski definition) is 1. The number of halogens is 3. The summed E-state index contributed by atoms with van der Waals surface area (Å²) in [5, 5.41) is 4.25. The highest BCUT2D eigenvalue weighted by molar-refractivity contribution is 8.04. The number of aromatic nitrogens is 2.